The van der Waals surface area contributed by atoms with E-state index in [0.29, 0.717) is 5.92 Å². The molecule has 1 aliphatic rings. The van der Waals surface area contributed by atoms with Crippen molar-refractivity contribution in [2.45, 2.75) is 10.8 Å². The van der Waals surface area contributed by atoms with Gasteiger partial charge in [-0.15, -0.1) is 11.8 Å². The number of thioether (sulfide) groups is 1. The molecule has 1 nitrogen and oxygen atoms in total. The molecule has 0 radical (unpaired) electrons. The topological polar surface area (TPSA) is 9.23 Å². The summed E-state index contributed by atoms with van der Waals surface area (Å²) >= 11 is 5.50. The van der Waals surface area contributed by atoms with Crippen LogP contribution in [0, 0.1) is 0 Å². The van der Waals surface area contributed by atoms with Crippen LogP contribution in [0.15, 0.2) is 51.8 Å². The second-order valence-corrected chi connectivity index (χ2v) is 6.30. The molecule has 0 bridgehead atoms. The molecular weight excluding hydrogens is 308 g/mol. The molecule has 18 heavy (non-hydrogen) atoms. The number of ether oxygens (including phenoxy) is 1. The molecule has 0 spiro atoms. The quantitative estimate of drug-likeness (QED) is 0.793. The highest BCUT2D eigenvalue weighted by atomic mass is 79.9. The third-order valence-corrected chi connectivity index (χ3v) is 4.95. The van der Waals surface area contributed by atoms with Crippen molar-refractivity contribution in [3.63, 3.8) is 0 Å². The Bertz CT molecular complexity index is 565. The summed E-state index contributed by atoms with van der Waals surface area (Å²) in [4.78, 5) is 1.40. The molecule has 1 unspecified atom stereocenters. The van der Waals surface area contributed by atoms with Gasteiger partial charge in [0.1, 0.15) is 5.75 Å². The van der Waals surface area contributed by atoms with Crippen LogP contribution in [-0.4, -0.2) is 12.9 Å². The first-order valence-electron chi connectivity index (χ1n) is 5.84. The number of benzene rings is 2. The summed E-state index contributed by atoms with van der Waals surface area (Å²) in [6.07, 6.45) is 0. The standard InChI is InChI=1S/C15H13BrOS/c1-17-12-5-2-10(3-6-12)14-9-18-15-7-4-11(16)8-13(14)15/h2-8,14H,9H2,1H3. The Morgan fingerprint density at radius 2 is 1.94 bits per heavy atom. The van der Waals surface area contributed by atoms with E-state index < -0.39 is 0 Å². The van der Waals surface area contributed by atoms with Crippen LogP contribution in [0.4, 0.5) is 0 Å². The third-order valence-electron chi connectivity index (χ3n) is 3.27. The summed E-state index contributed by atoms with van der Waals surface area (Å²) in [5.41, 5.74) is 2.79. The van der Waals surface area contributed by atoms with Crippen LogP contribution in [-0.2, 0) is 0 Å². The zero-order valence-corrected chi connectivity index (χ0v) is 12.4. The predicted molar refractivity (Wildman–Crippen MR) is 79.7 cm³/mol. The van der Waals surface area contributed by atoms with Gasteiger partial charge in [0, 0.05) is 21.0 Å². The maximum Gasteiger partial charge on any atom is 0.118 e. The Hall–Kier alpha value is -0.930. The van der Waals surface area contributed by atoms with Gasteiger partial charge in [0.25, 0.3) is 0 Å². The Kier molecular flexibility index (Phi) is 3.35. The molecule has 0 fully saturated rings. The highest BCUT2D eigenvalue weighted by Crippen LogP contribution is 2.44. The number of rotatable bonds is 2. The van der Waals surface area contributed by atoms with Crippen LogP contribution in [0.5, 0.6) is 5.75 Å². The Morgan fingerprint density at radius 3 is 2.67 bits per heavy atom. The monoisotopic (exact) mass is 320 g/mol. The first kappa shape index (κ1) is 12.1. The van der Waals surface area contributed by atoms with Crippen molar-refractivity contribution in [3.05, 3.63) is 58.1 Å². The van der Waals surface area contributed by atoms with E-state index in [9.17, 15) is 0 Å². The van der Waals surface area contributed by atoms with Crippen LogP contribution in [0.2, 0.25) is 0 Å². The summed E-state index contributed by atoms with van der Waals surface area (Å²) in [6.45, 7) is 0. The summed E-state index contributed by atoms with van der Waals surface area (Å²) in [5, 5.41) is 0. The average Bonchev–Trinajstić information content (AvgIpc) is 2.82. The van der Waals surface area contributed by atoms with Crippen molar-refractivity contribution in [2.24, 2.45) is 0 Å². The molecule has 1 aliphatic heterocycles. The second kappa shape index (κ2) is 4.98. The lowest BCUT2D eigenvalue weighted by molar-refractivity contribution is 0.414. The molecule has 92 valence electrons. The molecule has 0 aliphatic carbocycles. The normalized spacial score (nSPS) is 17.6. The molecule has 2 aromatic rings. The smallest absolute Gasteiger partial charge is 0.118 e. The van der Waals surface area contributed by atoms with Gasteiger partial charge in [0.15, 0.2) is 0 Å². The molecule has 0 amide bonds. The molecule has 0 saturated carbocycles. The fraction of sp³-hybridized carbons (Fsp3) is 0.200. The summed E-state index contributed by atoms with van der Waals surface area (Å²) < 4.78 is 6.36. The Labute approximate surface area is 120 Å². The summed E-state index contributed by atoms with van der Waals surface area (Å²) in [5.74, 6) is 2.53. The van der Waals surface area contributed by atoms with Gasteiger partial charge >= 0.3 is 0 Å². The molecule has 2 aromatic carbocycles. The minimum Gasteiger partial charge on any atom is -0.497 e. The van der Waals surface area contributed by atoms with Crippen LogP contribution in [0.3, 0.4) is 0 Å². The van der Waals surface area contributed by atoms with Crippen molar-refractivity contribution in [2.75, 3.05) is 12.9 Å². The SMILES string of the molecule is COc1ccc(C2CSc3ccc(Br)cc32)cc1. The molecule has 3 heteroatoms. The number of hydrogen-bond acceptors (Lipinski definition) is 2. The van der Waals surface area contributed by atoms with Gasteiger partial charge in [-0.1, -0.05) is 28.1 Å². The van der Waals surface area contributed by atoms with E-state index in [4.69, 9.17) is 4.74 Å². The molecule has 1 atom stereocenters. The van der Waals surface area contributed by atoms with Crippen molar-refractivity contribution < 1.29 is 4.74 Å². The molecule has 0 saturated heterocycles. The molecule has 0 N–H and O–H groups in total. The summed E-state index contributed by atoms with van der Waals surface area (Å²) in [6, 6.07) is 15.0. The van der Waals surface area contributed by atoms with Gasteiger partial charge in [-0.25, -0.2) is 0 Å². The van der Waals surface area contributed by atoms with E-state index >= 15 is 0 Å². The largest absolute Gasteiger partial charge is 0.497 e. The highest BCUT2D eigenvalue weighted by molar-refractivity contribution is 9.10. The van der Waals surface area contributed by atoms with Gasteiger partial charge < -0.3 is 4.74 Å². The van der Waals surface area contributed by atoms with Crippen molar-refractivity contribution in [1.82, 2.24) is 0 Å². The lowest BCUT2D eigenvalue weighted by atomic mass is 9.93. The van der Waals surface area contributed by atoms with E-state index in [1.807, 2.05) is 23.9 Å². The molecule has 1 heterocycles. The van der Waals surface area contributed by atoms with E-state index in [1.165, 1.54) is 16.0 Å². The maximum absolute atomic E-state index is 5.21. The highest BCUT2D eigenvalue weighted by Gasteiger charge is 2.24. The first-order chi connectivity index (χ1) is 8.78. The zero-order chi connectivity index (χ0) is 12.5. The number of hydrogen-bond donors (Lipinski definition) is 0. The lowest BCUT2D eigenvalue weighted by Crippen LogP contribution is -1.99. The van der Waals surface area contributed by atoms with Crippen molar-refractivity contribution >= 4 is 27.7 Å². The van der Waals surface area contributed by atoms with Crippen LogP contribution >= 0.6 is 27.7 Å². The van der Waals surface area contributed by atoms with Gasteiger partial charge in [0.2, 0.25) is 0 Å². The van der Waals surface area contributed by atoms with E-state index in [0.717, 1.165) is 16.0 Å². The van der Waals surface area contributed by atoms with Gasteiger partial charge in [0.05, 0.1) is 7.11 Å². The molecular formula is C15H13BrOS. The Balaban J connectivity index is 1.97. The van der Waals surface area contributed by atoms with Gasteiger partial charge in [-0.3, -0.25) is 0 Å². The van der Waals surface area contributed by atoms with Crippen LogP contribution < -0.4 is 4.74 Å². The number of halogens is 1. The first-order valence-corrected chi connectivity index (χ1v) is 7.62. The van der Waals surface area contributed by atoms with Crippen molar-refractivity contribution in [3.8, 4) is 5.75 Å². The second-order valence-electron chi connectivity index (χ2n) is 4.32. The van der Waals surface area contributed by atoms with Crippen LogP contribution in [0.25, 0.3) is 0 Å². The minimum atomic E-state index is 0.494. The molecule has 3 rings (SSSR count). The fourth-order valence-electron chi connectivity index (χ4n) is 2.30. The average molecular weight is 321 g/mol. The fourth-order valence-corrected chi connectivity index (χ4v) is 3.93. The third kappa shape index (κ3) is 2.17. The lowest BCUT2D eigenvalue weighted by Gasteiger charge is -2.12. The van der Waals surface area contributed by atoms with Gasteiger partial charge in [-0.2, -0.15) is 0 Å². The van der Waals surface area contributed by atoms with E-state index in [-0.39, 0.29) is 0 Å². The Morgan fingerprint density at radius 1 is 1.17 bits per heavy atom. The molecule has 0 aromatic heterocycles. The van der Waals surface area contributed by atoms with Crippen molar-refractivity contribution in [1.29, 1.82) is 0 Å². The maximum atomic E-state index is 5.21. The van der Waals surface area contributed by atoms with E-state index in [2.05, 4.69) is 46.3 Å². The van der Waals surface area contributed by atoms with Crippen LogP contribution in [0.1, 0.15) is 17.0 Å². The van der Waals surface area contributed by atoms with E-state index in [1.54, 1.807) is 7.11 Å². The summed E-state index contributed by atoms with van der Waals surface area (Å²) in [7, 11) is 1.70. The number of fused-ring (bicyclic) bond motifs is 1. The van der Waals surface area contributed by atoms with Gasteiger partial charge in [-0.05, 0) is 41.5 Å². The predicted octanol–water partition coefficient (Wildman–Crippen LogP) is 4.70. The number of methoxy groups -OCH3 is 1. The minimum absolute atomic E-state index is 0.494. The zero-order valence-electron chi connectivity index (χ0n) is 10.0.